The molecule has 2 amide bonds. The van der Waals surface area contributed by atoms with Gasteiger partial charge in [-0.2, -0.15) is 0 Å². The summed E-state index contributed by atoms with van der Waals surface area (Å²) in [7, 11) is 4.01. The quantitative estimate of drug-likeness (QED) is 0.886. The topological polar surface area (TPSA) is 52.7 Å². The van der Waals surface area contributed by atoms with Crippen LogP contribution in [0, 0.1) is 5.92 Å². The molecular weight excluding hydrogens is 338 g/mol. The molecule has 1 aliphatic heterocycles. The molecule has 5 heteroatoms. The van der Waals surface area contributed by atoms with E-state index in [9.17, 15) is 9.59 Å². The van der Waals surface area contributed by atoms with Gasteiger partial charge in [-0.3, -0.25) is 9.59 Å². The molecule has 1 fully saturated rings. The van der Waals surface area contributed by atoms with Crippen LogP contribution in [0.3, 0.4) is 0 Å². The average molecular weight is 365 g/mol. The zero-order valence-corrected chi connectivity index (χ0v) is 16.0. The summed E-state index contributed by atoms with van der Waals surface area (Å²) in [6.07, 6.45) is 1.42. The van der Waals surface area contributed by atoms with Gasteiger partial charge in [-0.05, 0) is 42.7 Å². The lowest BCUT2D eigenvalue weighted by atomic mass is 9.95. The van der Waals surface area contributed by atoms with Crippen LogP contribution in [-0.2, 0) is 11.3 Å². The molecule has 0 radical (unpaired) electrons. The highest BCUT2D eigenvalue weighted by atomic mass is 16.2. The highest BCUT2D eigenvalue weighted by Crippen LogP contribution is 2.20. The number of carbonyl (C=O) groups excluding carboxylic acids is 2. The van der Waals surface area contributed by atoms with E-state index in [1.807, 2.05) is 66.4 Å². The zero-order chi connectivity index (χ0) is 19.2. The number of carbonyl (C=O) groups is 2. The van der Waals surface area contributed by atoms with Crippen LogP contribution in [0.5, 0.6) is 0 Å². The molecule has 2 aromatic rings. The highest BCUT2D eigenvalue weighted by molar-refractivity contribution is 5.94. The maximum atomic E-state index is 12.5. The van der Waals surface area contributed by atoms with Gasteiger partial charge in [0.05, 0.1) is 0 Å². The maximum absolute atomic E-state index is 12.5. The van der Waals surface area contributed by atoms with Gasteiger partial charge in [-0.25, -0.2) is 0 Å². The van der Waals surface area contributed by atoms with Crippen molar-refractivity contribution in [2.24, 2.45) is 5.92 Å². The van der Waals surface area contributed by atoms with E-state index < -0.39 is 0 Å². The minimum Gasteiger partial charge on any atom is -0.378 e. The predicted molar refractivity (Wildman–Crippen MR) is 108 cm³/mol. The third-order valence-electron chi connectivity index (χ3n) is 5.09. The first-order valence-corrected chi connectivity index (χ1v) is 9.43. The van der Waals surface area contributed by atoms with E-state index in [-0.39, 0.29) is 17.7 Å². The van der Waals surface area contributed by atoms with Crippen LogP contribution in [0.1, 0.15) is 28.8 Å². The third kappa shape index (κ3) is 4.88. The summed E-state index contributed by atoms with van der Waals surface area (Å²) in [4.78, 5) is 28.8. The molecular formula is C22H27N3O2. The first-order chi connectivity index (χ1) is 13.0. The molecule has 0 spiro atoms. The highest BCUT2D eigenvalue weighted by Gasteiger charge is 2.27. The Labute approximate surface area is 161 Å². The van der Waals surface area contributed by atoms with Crippen LogP contribution < -0.4 is 10.2 Å². The Kier molecular flexibility index (Phi) is 6.12. The van der Waals surface area contributed by atoms with Crippen molar-refractivity contribution in [3.63, 3.8) is 0 Å². The van der Waals surface area contributed by atoms with E-state index in [0.717, 1.165) is 11.3 Å². The molecule has 5 nitrogen and oxygen atoms in total. The van der Waals surface area contributed by atoms with Crippen LogP contribution in [-0.4, -0.2) is 43.9 Å². The van der Waals surface area contributed by atoms with Crippen molar-refractivity contribution < 1.29 is 9.59 Å². The summed E-state index contributed by atoms with van der Waals surface area (Å²) < 4.78 is 0. The van der Waals surface area contributed by atoms with Crippen LogP contribution >= 0.6 is 0 Å². The van der Waals surface area contributed by atoms with E-state index in [2.05, 4.69) is 17.4 Å². The first kappa shape index (κ1) is 19.0. The molecule has 142 valence electrons. The SMILES string of the molecule is CN(C)c1ccc(CNC(=O)C2CCN(C(=O)c3ccccc3)CC2)cc1. The van der Waals surface area contributed by atoms with Crippen LogP contribution in [0.2, 0.25) is 0 Å². The van der Waals surface area contributed by atoms with E-state index >= 15 is 0 Å². The predicted octanol–water partition coefficient (Wildman–Crippen LogP) is 2.92. The van der Waals surface area contributed by atoms with Gasteiger partial charge in [-0.15, -0.1) is 0 Å². The van der Waals surface area contributed by atoms with E-state index in [1.54, 1.807) is 0 Å². The molecule has 1 heterocycles. The molecule has 0 saturated carbocycles. The molecule has 0 bridgehead atoms. The van der Waals surface area contributed by atoms with Crippen molar-refractivity contribution in [2.45, 2.75) is 19.4 Å². The number of nitrogens with zero attached hydrogens (tertiary/aromatic N) is 2. The Morgan fingerprint density at radius 1 is 1.00 bits per heavy atom. The molecule has 2 aromatic carbocycles. The summed E-state index contributed by atoms with van der Waals surface area (Å²) in [5.74, 6) is 0.111. The van der Waals surface area contributed by atoms with Crippen LogP contribution in [0.4, 0.5) is 5.69 Å². The average Bonchev–Trinajstić information content (AvgIpc) is 2.72. The Morgan fingerprint density at radius 3 is 2.22 bits per heavy atom. The molecule has 1 N–H and O–H groups in total. The van der Waals surface area contributed by atoms with Gasteiger partial charge < -0.3 is 15.1 Å². The van der Waals surface area contributed by atoms with Crippen molar-refractivity contribution in [1.29, 1.82) is 0 Å². The van der Waals surface area contributed by atoms with Gasteiger partial charge in [0.25, 0.3) is 5.91 Å². The summed E-state index contributed by atoms with van der Waals surface area (Å²) in [6, 6.07) is 17.5. The second-order valence-electron chi connectivity index (χ2n) is 7.21. The molecule has 0 aromatic heterocycles. The number of benzene rings is 2. The lowest BCUT2D eigenvalue weighted by molar-refractivity contribution is -0.126. The fourth-order valence-corrected chi connectivity index (χ4v) is 3.35. The zero-order valence-electron chi connectivity index (χ0n) is 16.0. The molecule has 27 heavy (non-hydrogen) atoms. The standard InChI is InChI=1S/C22H27N3O2/c1-24(2)20-10-8-17(9-11-20)16-23-21(26)18-12-14-25(15-13-18)22(27)19-6-4-3-5-7-19/h3-11,18H,12-16H2,1-2H3,(H,23,26). The summed E-state index contributed by atoms with van der Waals surface area (Å²) in [5, 5.41) is 3.04. The van der Waals surface area contributed by atoms with Crippen molar-refractivity contribution in [3.05, 3.63) is 65.7 Å². The van der Waals surface area contributed by atoms with E-state index in [0.29, 0.717) is 38.0 Å². The lowest BCUT2D eigenvalue weighted by Crippen LogP contribution is -2.42. The molecule has 0 unspecified atom stereocenters. The number of amides is 2. The molecule has 3 rings (SSSR count). The summed E-state index contributed by atoms with van der Waals surface area (Å²) in [6.45, 7) is 1.79. The van der Waals surface area contributed by atoms with E-state index in [1.165, 1.54) is 0 Å². The minimum absolute atomic E-state index is 0.0223. The molecule has 0 aliphatic carbocycles. The second kappa shape index (κ2) is 8.71. The fourth-order valence-electron chi connectivity index (χ4n) is 3.35. The number of piperidine rings is 1. The third-order valence-corrected chi connectivity index (χ3v) is 5.09. The first-order valence-electron chi connectivity index (χ1n) is 9.43. The van der Waals surface area contributed by atoms with Crippen LogP contribution in [0.15, 0.2) is 54.6 Å². The van der Waals surface area contributed by atoms with E-state index in [4.69, 9.17) is 0 Å². The van der Waals surface area contributed by atoms with Gasteiger partial charge in [0.15, 0.2) is 0 Å². The lowest BCUT2D eigenvalue weighted by Gasteiger charge is -2.31. The number of rotatable bonds is 5. The number of anilines is 1. The Hall–Kier alpha value is -2.82. The smallest absolute Gasteiger partial charge is 0.253 e. The number of hydrogen-bond donors (Lipinski definition) is 1. The maximum Gasteiger partial charge on any atom is 0.253 e. The largest absolute Gasteiger partial charge is 0.378 e. The van der Waals surface area contributed by atoms with Gasteiger partial charge >= 0.3 is 0 Å². The van der Waals surface area contributed by atoms with Crippen LogP contribution in [0.25, 0.3) is 0 Å². The normalized spacial score (nSPS) is 14.7. The summed E-state index contributed by atoms with van der Waals surface area (Å²) in [5.41, 5.74) is 2.94. The van der Waals surface area contributed by atoms with Crippen molar-refractivity contribution in [3.8, 4) is 0 Å². The Balaban J connectivity index is 1.46. The Bertz CT molecular complexity index is 764. The summed E-state index contributed by atoms with van der Waals surface area (Å²) >= 11 is 0. The second-order valence-corrected chi connectivity index (χ2v) is 7.21. The molecule has 1 saturated heterocycles. The number of nitrogens with one attached hydrogen (secondary N) is 1. The van der Waals surface area contributed by atoms with Gasteiger partial charge in [-0.1, -0.05) is 30.3 Å². The van der Waals surface area contributed by atoms with Gasteiger partial charge in [0.1, 0.15) is 0 Å². The van der Waals surface area contributed by atoms with Crippen molar-refractivity contribution >= 4 is 17.5 Å². The molecule has 1 aliphatic rings. The number of likely N-dealkylation sites (tertiary alicyclic amines) is 1. The fraction of sp³-hybridized carbons (Fsp3) is 0.364. The van der Waals surface area contributed by atoms with Crippen molar-refractivity contribution in [2.75, 3.05) is 32.1 Å². The molecule has 0 atom stereocenters. The Morgan fingerprint density at radius 2 is 1.63 bits per heavy atom. The minimum atomic E-state index is -0.0223. The van der Waals surface area contributed by atoms with Crippen molar-refractivity contribution in [1.82, 2.24) is 10.2 Å². The number of hydrogen-bond acceptors (Lipinski definition) is 3. The van der Waals surface area contributed by atoms with Gasteiger partial charge in [0.2, 0.25) is 5.91 Å². The van der Waals surface area contributed by atoms with Gasteiger partial charge in [0, 0.05) is 50.9 Å². The monoisotopic (exact) mass is 365 g/mol.